The molecule has 2 aromatic carbocycles. The number of hydrogen-bond acceptors (Lipinski definition) is 5. The van der Waals surface area contributed by atoms with Gasteiger partial charge in [0.15, 0.2) is 0 Å². The van der Waals surface area contributed by atoms with Crippen LogP contribution in [-0.2, 0) is 16.1 Å². The van der Waals surface area contributed by atoms with Crippen molar-refractivity contribution in [2.75, 3.05) is 19.8 Å². The molecule has 1 heterocycles. The van der Waals surface area contributed by atoms with E-state index < -0.39 is 0 Å². The molecule has 2 atom stereocenters. The predicted molar refractivity (Wildman–Crippen MR) is 103 cm³/mol. The summed E-state index contributed by atoms with van der Waals surface area (Å²) in [6.07, 6.45) is -0.209. The first-order chi connectivity index (χ1) is 12.1. The van der Waals surface area contributed by atoms with Gasteiger partial charge >= 0.3 is 5.97 Å². The van der Waals surface area contributed by atoms with E-state index in [2.05, 4.69) is 0 Å². The third-order valence-corrected chi connectivity index (χ3v) is 5.23. The molecular weight excluding hydrogens is 332 g/mol. The summed E-state index contributed by atoms with van der Waals surface area (Å²) < 4.78 is 5.54. The second kappa shape index (κ2) is 8.32. The maximum atomic E-state index is 12.6. The molecule has 0 N–H and O–H groups in total. The topological polar surface area (TPSA) is 41.9 Å². The molecule has 0 fully saturated rings. The highest BCUT2D eigenvalue weighted by Crippen LogP contribution is 2.29. The Kier molecular flexibility index (Phi) is 5.89. The molecule has 0 bridgehead atoms. The Bertz CT molecular complexity index is 732. The van der Waals surface area contributed by atoms with Gasteiger partial charge in [0.25, 0.3) is 0 Å². The van der Waals surface area contributed by atoms with Crippen LogP contribution in [0.25, 0.3) is 0 Å². The standard InChI is InChI=1S/C20H22N2O2S/c1-22(2)18-17(20(23)24-13-15-9-5-3-6-10-15)14-25-19(21-18)16-11-7-4-8-12-16/h3-12,17-18H,13-14H2,1-2H3/t17-,18+/m1/s1. The van der Waals surface area contributed by atoms with Gasteiger partial charge in [-0.1, -0.05) is 60.7 Å². The van der Waals surface area contributed by atoms with Gasteiger partial charge in [-0.2, -0.15) is 0 Å². The third kappa shape index (κ3) is 4.50. The average molecular weight is 354 g/mol. The summed E-state index contributed by atoms with van der Waals surface area (Å²) in [4.78, 5) is 19.4. The molecule has 0 saturated carbocycles. The van der Waals surface area contributed by atoms with Crippen LogP contribution in [0.5, 0.6) is 0 Å². The van der Waals surface area contributed by atoms with E-state index in [0.29, 0.717) is 12.4 Å². The summed E-state index contributed by atoms with van der Waals surface area (Å²) in [7, 11) is 3.90. The zero-order valence-corrected chi connectivity index (χ0v) is 15.3. The molecule has 0 unspecified atom stereocenters. The first-order valence-electron chi connectivity index (χ1n) is 8.28. The number of thioether (sulfide) groups is 1. The molecule has 0 saturated heterocycles. The molecule has 5 heteroatoms. The summed E-state index contributed by atoms with van der Waals surface area (Å²) in [5, 5.41) is 0.978. The molecule has 0 amide bonds. The van der Waals surface area contributed by atoms with Crippen LogP contribution in [0, 0.1) is 5.92 Å². The summed E-state index contributed by atoms with van der Waals surface area (Å²) in [6.45, 7) is 0.302. The first kappa shape index (κ1) is 17.7. The minimum Gasteiger partial charge on any atom is -0.460 e. The van der Waals surface area contributed by atoms with Crippen LogP contribution in [-0.4, -0.2) is 41.9 Å². The van der Waals surface area contributed by atoms with Crippen LogP contribution in [0.1, 0.15) is 11.1 Å². The molecule has 4 nitrogen and oxygen atoms in total. The number of rotatable bonds is 5. The Morgan fingerprint density at radius 2 is 1.76 bits per heavy atom. The maximum Gasteiger partial charge on any atom is 0.313 e. The normalized spacial score (nSPS) is 20.2. The van der Waals surface area contributed by atoms with E-state index >= 15 is 0 Å². The Balaban J connectivity index is 1.71. The van der Waals surface area contributed by atoms with Crippen molar-refractivity contribution in [2.24, 2.45) is 10.9 Å². The highest BCUT2D eigenvalue weighted by Gasteiger charge is 2.35. The lowest BCUT2D eigenvalue weighted by atomic mass is 10.1. The van der Waals surface area contributed by atoms with Gasteiger partial charge in [0.05, 0.1) is 5.04 Å². The van der Waals surface area contributed by atoms with E-state index in [1.54, 1.807) is 11.8 Å². The van der Waals surface area contributed by atoms with E-state index in [1.165, 1.54) is 0 Å². The Morgan fingerprint density at radius 1 is 1.12 bits per heavy atom. The number of hydrogen-bond donors (Lipinski definition) is 0. The predicted octanol–water partition coefficient (Wildman–Crippen LogP) is 3.43. The molecule has 130 valence electrons. The number of benzene rings is 2. The molecule has 1 aliphatic heterocycles. The zero-order chi connectivity index (χ0) is 17.6. The number of carbonyl (C=O) groups is 1. The summed E-state index contributed by atoms with van der Waals surface area (Å²) in [5.41, 5.74) is 2.09. The number of esters is 1. The number of nitrogens with zero attached hydrogens (tertiary/aromatic N) is 2. The smallest absolute Gasteiger partial charge is 0.313 e. The lowest BCUT2D eigenvalue weighted by Crippen LogP contribution is -2.43. The van der Waals surface area contributed by atoms with Crippen LogP contribution in [0.2, 0.25) is 0 Å². The Labute approximate surface area is 152 Å². The van der Waals surface area contributed by atoms with E-state index in [4.69, 9.17) is 9.73 Å². The minimum absolute atomic E-state index is 0.189. The number of aliphatic imine (C=N–C) groups is 1. The molecular formula is C20H22N2O2S. The summed E-state index contributed by atoms with van der Waals surface area (Å²) in [6, 6.07) is 19.8. The SMILES string of the molecule is CN(C)[C@@H]1N=C(c2ccccc2)SC[C@H]1C(=O)OCc1ccccc1. The quantitative estimate of drug-likeness (QED) is 0.772. The summed E-state index contributed by atoms with van der Waals surface area (Å²) in [5.74, 6) is 0.214. The summed E-state index contributed by atoms with van der Waals surface area (Å²) >= 11 is 1.62. The van der Waals surface area contributed by atoms with Crippen LogP contribution in [0.4, 0.5) is 0 Å². The van der Waals surface area contributed by atoms with Crippen LogP contribution < -0.4 is 0 Å². The van der Waals surface area contributed by atoms with Gasteiger partial charge in [0.2, 0.25) is 0 Å². The van der Waals surface area contributed by atoms with E-state index in [0.717, 1.165) is 16.2 Å². The van der Waals surface area contributed by atoms with Gasteiger partial charge in [0.1, 0.15) is 18.7 Å². The van der Waals surface area contributed by atoms with Crippen LogP contribution in [0.3, 0.4) is 0 Å². The lowest BCUT2D eigenvalue weighted by Gasteiger charge is -2.32. The fraction of sp³-hybridized carbons (Fsp3) is 0.300. The second-order valence-corrected chi connectivity index (χ2v) is 7.20. The molecule has 3 rings (SSSR count). The molecule has 0 aromatic heterocycles. The van der Waals surface area contributed by atoms with Crippen molar-refractivity contribution in [1.82, 2.24) is 4.90 Å². The van der Waals surface area contributed by atoms with Gasteiger partial charge in [-0.15, -0.1) is 11.8 Å². The van der Waals surface area contributed by atoms with Crippen LogP contribution >= 0.6 is 11.8 Å². The van der Waals surface area contributed by atoms with E-state index in [1.807, 2.05) is 79.7 Å². The monoisotopic (exact) mass is 354 g/mol. The first-order valence-corrected chi connectivity index (χ1v) is 9.26. The van der Waals surface area contributed by atoms with Crippen molar-refractivity contribution >= 4 is 22.8 Å². The highest BCUT2D eigenvalue weighted by atomic mass is 32.2. The molecule has 0 spiro atoms. The largest absolute Gasteiger partial charge is 0.460 e. The van der Waals surface area contributed by atoms with Crippen molar-refractivity contribution in [3.63, 3.8) is 0 Å². The van der Waals surface area contributed by atoms with Gasteiger partial charge in [-0.25, -0.2) is 0 Å². The van der Waals surface area contributed by atoms with E-state index in [-0.39, 0.29) is 18.1 Å². The number of ether oxygens (including phenoxy) is 1. The van der Waals surface area contributed by atoms with Crippen molar-refractivity contribution in [3.05, 3.63) is 71.8 Å². The van der Waals surface area contributed by atoms with Crippen molar-refractivity contribution < 1.29 is 9.53 Å². The number of carbonyl (C=O) groups excluding carboxylic acids is 1. The zero-order valence-electron chi connectivity index (χ0n) is 14.5. The van der Waals surface area contributed by atoms with E-state index in [9.17, 15) is 4.79 Å². The highest BCUT2D eigenvalue weighted by molar-refractivity contribution is 8.14. The van der Waals surface area contributed by atoms with Gasteiger partial charge in [-0.05, 0) is 19.7 Å². The van der Waals surface area contributed by atoms with Gasteiger partial charge < -0.3 is 4.74 Å². The average Bonchev–Trinajstić information content (AvgIpc) is 2.67. The van der Waals surface area contributed by atoms with Crippen molar-refractivity contribution in [2.45, 2.75) is 12.8 Å². The van der Waals surface area contributed by atoms with Crippen molar-refractivity contribution in [3.8, 4) is 0 Å². The third-order valence-electron chi connectivity index (χ3n) is 4.09. The Morgan fingerprint density at radius 3 is 2.40 bits per heavy atom. The minimum atomic E-state index is -0.267. The van der Waals surface area contributed by atoms with Crippen LogP contribution in [0.15, 0.2) is 65.7 Å². The maximum absolute atomic E-state index is 12.6. The molecule has 25 heavy (non-hydrogen) atoms. The van der Waals surface area contributed by atoms with Gasteiger partial charge in [-0.3, -0.25) is 14.7 Å². The molecule has 2 aromatic rings. The van der Waals surface area contributed by atoms with Crippen molar-refractivity contribution in [1.29, 1.82) is 0 Å². The van der Waals surface area contributed by atoms with Gasteiger partial charge in [0, 0.05) is 11.3 Å². The Hall–Kier alpha value is -2.11. The fourth-order valence-electron chi connectivity index (χ4n) is 2.74. The second-order valence-electron chi connectivity index (χ2n) is 6.19. The molecule has 1 aliphatic rings. The fourth-order valence-corrected chi connectivity index (χ4v) is 3.87. The molecule has 0 aliphatic carbocycles. The molecule has 0 radical (unpaired) electrons. The lowest BCUT2D eigenvalue weighted by molar-refractivity contribution is -0.151.